The molecule has 0 saturated heterocycles. The zero-order valence-electron chi connectivity index (χ0n) is 10.0. The van der Waals surface area contributed by atoms with Gasteiger partial charge in [0.05, 0.1) is 11.7 Å². The summed E-state index contributed by atoms with van der Waals surface area (Å²) in [5.41, 5.74) is 1.82. The van der Waals surface area contributed by atoms with Crippen molar-refractivity contribution in [3.8, 4) is 0 Å². The van der Waals surface area contributed by atoms with E-state index < -0.39 is 0 Å². The van der Waals surface area contributed by atoms with Gasteiger partial charge < -0.3 is 5.32 Å². The van der Waals surface area contributed by atoms with Gasteiger partial charge in [0.1, 0.15) is 0 Å². The zero-order chi connectivity index (χ0) is 12.4. The number of allylic oxidation sites excluding steroid dienone is 2. The number of aromatic nitrogens is 2. The van der Waals surface area contributed by atoms with Crippen molar-refractivity contribution in [2.24, 2.45) is 5.92 Å². The lowest BCUT2D eigenvalue weighted by molar-refractivity contribution is -0.120. The van der Waals surface area contributed by atoms with E-state index in [9.17, 15) is 4.79 Å². The smallest absolute Gasteiger partial charge is 0.227 e. The molecule has 1 aromatic heterocycles. The van der Waals surface area contributed by atoms with E-state index in [-0.39, 0.29) is 11.8 Å². The van der Waals surface area contributed by atoms with Crippen LogP contribution in [0.5, 0.6) is 0 Å². The first-order valence-electron chi connectivity index (χ1n) is 6.22. The third-order valence-electron chi connectivity index (χ3n) is 3.35. The molecule has 1 atom stereocenters. The Hall–Kier alpha value is -2.10. The van der Waals surface area contributed by atoms with E-state index in [0.717, 1.165) is 35.9 Å². The maximum atomic E-state index is 12.1. The van der Waals surface area contributed by atoms with Crippen LogP contribution in [0.15, 0.2) is 36.5 Å². The van der Waals surface area contributed by atoms with Gasteiger partial charge in [-0.3, -0.25) is 9.89 Å². The number of carbonyl (C=O) groups is 1. The normalized spacial score (nSPS) is 19.0. The molecule has 0 bridgehead atoms. The highest BCUT2D eigenvalue weighted by Gasteiger charge is 2.18. The summed E-state index contributed by atoms with van der Waals surface area (Å²) in [5.74, 6) is 0.220. The molecule has 18 heavy (non-hydrogen) atoms. The van der Waals surface area contributed by atoms with Gasteiger partial charge in [0.2, 0.25) is 5.91 Å². The second-order valence-electron chi connectivity index (χ2n) is 4.64. The number of anilines is 1. The fraction of sp³-hybridized carbons (Fsp3) is 0.286. The van der Waals surface area contributed by atoms with Crippen LogP contribution in [0.4, 0.5) is 5.69 Å². The third-order valence-corrected chi connectivity index (χ3v) is 3.35. The second-order valence-corrected chi connectivity index (χ2v) is 4.64. The third kappa shape index (κ3) is 2.14. The lowest BCUT2D eigenvalue weighted by Crippen LogP contribution is -2.23. The fourth-order valence-electron chi connectivity index (χ4n) is 2.30. The summed E-state index contributed by atoms with van der Waals surface area (Å²) >= 11 is 0. The first-order valence-corrected chi connectivity index (χ1v) is 6.22. The Kier molecular flexibility index (Phi) is 2.84. The highest BCUT2D eigenvalue weighted by atomic mass is 16.1. The van der Waals surface area contributed by atoms with Crippen molar-refractivity contribution in [2.45, 2.75) is 19.3 Å². The van der Waals surface area contributed by atoms with Crippen LogP contribution in [0.3, 0.4) is 0 Å². The number of rotatable bonds is 2. The van der Waals surface area contributed by atoms with E-state index in [1.165, 1.54) is 0 Å². The highest BCUT2D eigenvalue weighted by molar-refractivity contribution is 5.95. The van der Waals surface area contributed by atoms with E-state index in [0.29, 0.717) is 0 Å². The van der Waals surface area contributed by atoms with Crippen LogP contribution in [-0.4, -0.2) is 16.1 Å². The van der Waals surface area contributed by atoms with E-state index >= 15 is 0 Å². The van der Waals surface area contributed by atoms with Crippen LogP contribution in [0.2, 0.25) is 0 Å². The summed E-state index contributed by atoms with van der Waals surface area (Å²) < 4.78 is 0. The molecule has 2 N–H and O–H groups in total. The lowest BCUT2D eigenvalue weighted by Gasteiger charge is -2.17. The fourth-order valence-corrected chi connectivity index (χ4v) is 2.30. The number of fused-ring (bicyclic) bond motifs is 1. The summed E-state index contributed by atoms with van der Waals surface area (Å²) in [7, 11) is 0. The van der Waals surface area contributed by atoms with Crippen LogP contribution in [0.25, 0.3) is 10.9 Å². The number of benzene rings is 1. The minimum Gasteiger partial charge on any atom is -0.326 e. The van der Waals surface area contributed by atoms with Crippen molar-refractivity contribution >= 4 is 22.5 Å². The van der Waals surface area contributed by atoms with Gasteiger partial charge in [-0.2, -0.15) is 5.10 Å². The first-order chi connectivity index (χ1) is 8.83. The van der Waals surface area contributed by atoms with Crippen LogP contribution in [-0.2, 0) is 4.79 Å². The molecule has 1 aliphatic carbocycles. The van der Waals surface area contributed by atoms with Crippen LogP contribution in [0.1, 0.15) is 19.3 Å². The summed E-state index contributed by atoms with van der Waals surface area (Å²) in [5, 5.41) is 10.8. The number of nitrogens with zero attached hydrogens (tertiary/aromatic N) is 1. The number of carbonyl (C=O) groups excluding carboxylic acids is 1. The predicted molar refractivity (Wildman–Crippen MR) is 71.2 cm³/mol. The Bertz CT molecular complexity index is 600. The van der Waals surface area contributed by atoms with Crippen LogP contribution < -0.4 is 5.32 Å². The Morgan fingerprint density at radius 3 is 3.17 bits per heavy atom. The standard InChI is InChI=1S/C14H15N3O/c18-14(10-4-2-1-3-5-10)16-12-6-7-13-11(8-12)9-15-17-13/h1-2,6-10H,3-5H2,(H,15,17)(H,16,18). The summed E-state index contributed by atoms with van der Waals surface area (Å²) in [6.07, 6.45) is 8.78. The maximum Gasteiger partial charge on any atom is 0.227 e. The van der Waals surface area contributed by atoms with Crippen molar-refractivity contribution < 1.29 is 4.79 Å². The molecule has 0 fully saturated rings. The quantitative estimate of drug-likeness (QED) is 0.794. The zero-order valence-corrected chi connectivity index (χ0v) is 10.0. The predicted octanol–water partition coefficient (Wildman–Crippen LogP) is 2.86. The monoisotopic (exact) mass is 241 g/mol. The molecule has 4 nitrogen and oxygen atoms in total. The summed E-state index contributed by atoms with van der Waals surface area (Å²) in [6.45, 7) is 0. The molecule has 0 radical (unpaired) electrons. The molecular formula is C14H15N3O. The molecule has 0 aliphatic heterocycles. The van der Waals surface area contributed by atoms with Crippen molar-refractivity contribution in [1.82, 2.24) is 10.2 Å². The number of H-pyrrole nitrogens is 1. The molecule has 92 valence electrons. The first kappa shape index (κ1) is 11.0. The van der Waals surface area contributed by atoms with Crippen molar-refractivity contribution in [3.05, 3.63) is 36.5 Å². The number of nitrogens with one attached hydrogen (secondary N) is 2. The number of amides is 1. The van der Waals surface area contributed by atoms with Crippen LogP contribution >= 0.6 is 0 Å². The Morgan fingerprint density at radius 2 is 2.33 bits per heavy atom. The van der Waals surface area contributed by atoms with E-state index in [4.69, 9.17) is 0 Å². The molecule has 0 spiro atoms. The average Bonchev–Trinajstić information content (AvgIpc) is 2.87. The number of aromatic amines is 1. The van der Waals surface area contributed by atoms with Gasteiger partial charge in [-0.15, -0.1) is 0 Å². The molecule has 4 heteroatoms. The van der Waals surface area contributed by atoms with Gasteiger partial charge in [-0.25, -0.2) is 0 Å². The Morgan fingerprint density at radius 1 is 1.39 bits per heavy atom. The number of hydrogen-bond donors (Lipinski definition) is 2. The van der Waals surface area contributed by atoms with Gasteiger partial charge in [-0.1, -0.05) is 12.2 Å². The average molecular weight is 241 g/mol. The molecule has 1 aromatic carbocycles. The Labute approximate surface area is 105 Å². The highest BCUT2D eigenvalue weighted by Crippen LogP contribution is 2.22. The minimum absolute atomic E-state index is 0.107. The maximum absolute atomic E-state index is 12.1. The van der Waals surface area contributed by atoms with Gasteiger partial charge in [0, 0.05) is 17.0 Å². The molecular weight excluding hydrogens is 226 g/mol. The van der Waals surface area contributed by atoms with Gasteiger partial charge in [-0.05, 0) is 37.5 Å². The molecule has 1 amide bonds. The van der Waals surface area contributed by atoms with Crippen molar-refractivity contribution in [2.75, 3.05) is 5.32 Å². The SMILES string of the molecule is O=C(Nc1ccc2[nH]ncc2c1)C1CC=CCC1. The van der Waals surface area contributed by atoms with E-state index in [1.807, 2.05) is 18.2 Å². The second kappa shape index (κ2) is 4.64. The summed E-state index contributed by atoms with van der Waals surface area (Å²) in [6, 6.07) is 5.77. The van der Waals surface area contributed by atoms with E-state index in [1.54, 1.807) is 6.20 Å². The van der Waals surface area contributed by atoms with Gasteiger partial charge in [0.25, 0.3) is 0 Å². The topological polar surface area (TPSA) is 57.8 Å². The Balaban J connectivity index is 1.74. The van der Waals surface area contributed by atoms with Crippen LogP contribution in [0, 0.1) is 5.92 Å². The van der Waals surface area contributed by atoms with Gasteiger partial charge in [0.15, 0.2) is 0 Å². The van der Waals surface area contributed by atoms with Crippen molar-refractivity contribution in [1.29, 1.82) is 0 Å². The largest absolute Gasteiger partial charge is 0.326 e. The molecule has 1 unspecified atom stereocenters. The van der Waals surface area contributed by atoms with Crippen molar-refractivity contribution in [3.63, 3.8) is 0 Å². The molecule has 0 saturated carbocycles. The summed E-state index contributed by atoms with van der Waals surface area (Å²) in [4.78, 5) is 12.1. The van der Waals surface area contributed by atoms with Gasteiger partial charge >= 0.3 is 0 Å². The lowest BCUT2D eigenvalue weighted by atomic mass is 9.93. The molecule has 1 heterocycles. The van der Waals surface area contributed by atoms with E-state index in [2.05, 4.69) is 27.7 Å². The molecule has 2 aromatic rings. The minimum atomic E-state index is 0.107. The number of hydrogen-bond acceptors (Lipinski definition) is 2. The molecule has 1 aliphatic rings. The molecule has 3 rings (SSSR count).